The van der Waals surface area contributed by atoms with E-state index in [2.05, 4.69) is 49.5 Å². The summed E-state index contributed by atoms with van der Waals surface area (Å²) in [5, 5.41) is 4.19. The van der Waals surface area contributed by atoms with E-state index in [9.17, 15) is 0 Å². The molecule has 0 aromatic heterocycles. The standard InChI is InChI=1S/C16H18ClNS/c1-12(2)18-11-13-6-8-15(9-7-13)19-16-5-3-4-14(17)10-16/h3-10,12,18H,11H2,1-2H3. The summed E-state index contributed by atoms with van der Waals surface area (Å²) in [6.45, 7) is 5.23. The summed E-state index contributed by atoms with van der Waals surface area (Å²) >= 11 is 7.72. The van der Waals surface area contributed by atoms with Crippen molar-refractivity contribution in [3.63, 3.8) is 0 Å². The van der Waals surface area contributed by atoms with Crippen molar-refractivity contribution in [2.24, 2.45) is 0 Å². The number of hydrogen-bond acceptors (Lipinski definition) is 2. The van der Waals surface area contributed by atoms with Crippen LogP contribution >= 0.6 is 23.4 Å². The lowest BCUT2D eigenvalue weighted by atomic mass is 10.2. The molecule has 0 atom stereocenters. The second kappa shape index (κ2) is 6.99. The molecule has 0 unspecified atom stereocenters. The normalized spacial score (nSPS) is 10.9. The van der Waals surface area contributed by atoms with Crippen LogP contribution < -0.4 is 5.32 Å². The van der Waals surface area contributed by atoms with Crippen LogP contribution in [0, 0.1) is 0 Å². The smallest absolute Gasteiger partial charge is 0.0417 e. The quantitative estimate of drug-likeness (QED) is 0.833. The molecule has 0 radical (unpaired) electrons. The van der Waals surface area contributed by atoms with Gasteiger partial charge in [-0.3, -0.25) is 0 Å². The van der Waals surface area contributed by atoms with Gasteiger partial charge in [0.05, 0.1) is 0 Å². The van der Waals surface area contributed by atoms with Crippen molar-refractivity contribution in [2.75, 3.05) is 0 Å². The lowest BCUT2D eigenvalue weighted by molar-refractivity contribution is 0.588. The number of hydrogen-bond donors (Lipinski definition) is 1. The van der Waals surface area contributed by atoms with Gasteiger partial charge in [-0.2, -0.15) is 0 Å². The molecule has 0 fully saturated rings. The molecule has 0 bridgehead atoms. The fourth-order valence-electron chi connectivity index (χ4n) is 1.66. The number of rotatable bonds is 5. The van der Waals surface area contributed by atoms with E-state index < -0.39 is 0 Å². The number of nitrogens with one attached hydrogen (secondary N) is 1. The maximum atomic E-state index is 5.99. The van der Waals surface area contributed by atoms with E-state index >= 15 is 0 Å². The zero-order valence-electron chi connectivity index (χ0n) is 11.2. The highest BCUT2D eigenvalue weighted by Gasteiger charge is 2.00. The predicted octanol–water partition coefficient (Wildman–Crippen LogP) is 4.99. The van der Waals surface area contributed by atoms with Crippen LogP contribution in [0.25, 0.3) is 0 Å². The minimum atomic E-state index is 0.514. The van der Waals surface area contributed by atoms with Gasteiger partial charge in [-0.25, -0.2) is 0 Å². The van der Waals surface area contributed by atoms with Crippen molar-refractivity contribution in [3.8, 4) is 0 Å². The fraction of sp³-hybridized carbons (Fsp3) is 0.250. The Bertz CT molecular complexity index is 523. The molecule has 2 aromatic carbocycles. The molecule has 0 aliphatic heterocycles. The average molecular weight is 292 g/mol. The monoisotopic (exact) mass is 291 g/mol. The average Bonchev–Trinajstić information content (AvgIpc) is 2.38. The summed E-state index contributed by atoms with van der Waals surface area (Å²) in [5.74, 6) is 0. The minimum absolute atomic E-state index is 0.514. The van der Waals surface area contributed by atoms with Crippen LogP contribution in [-0.4, -0.2) is 6.04 Å². The first-order valence-corrected chi connectivity index (χ1v) is 7.58. The van der Waals surface area contributed by atoms with Crippen LogP contribution in [0.2, 0.25) is 5.02 Å². The van der Waals surface area contributed by atoms with Crippen molar-refractivity contribution in [1.82, 2.24) is 5.32 Å². The first kappa shape index (κ1) is 14.4. The molecule has 0 heterocycles. The summed E-state index contributed by atoms with van der Waals surface area (Å²) in [7, 11) is 0. The molecule has 0 aliphatic rings. The highest BCUT2D eigenvalue weighted by molar-refractivity contribution is 7.99. The van der Waals surface area contributed by atoms with Gasteiger partial charge in [0.2, 0.25) is 0 Å². The molecular weight excluding hydrogens is 274 g/mol. The molecule has 1 nitrogen and oxygen atoms in total. The molecule has 100 valence electrons. The molecule has 0 saturated carbocycles. The van der Waals surface area contributed by atoms with Gasteiger partial charge in [0.1, 0.15) is 0 Å². The molecule has 0 saturated heterocycles. The lowest BCUT2D eigenvalue weighted by Crippen LogP contribution is -2.21. The lowest BCUT2D eigenvalue weighted by Gasteiger charge is -2.08. The molecule has 0 amide bonds. The second-order valence-electron chi connectivity index (χ2n) is 4.74. The summed E-state index contributed by atoms with van der Waals surface area (Å²) in [6.07, 6.45) is 0. The van der Waals surface area contributed by atoms with Gasteiger partial charge in [-0.05, 0) is 35.9 Å². The summed E-state index contributed by atoms with van der Waals surface area (Å²) in [4.78, 5) is 2.40. The van der Waals surface area contributed by atoms with E-state index in [-0.39, 0.29) is 0 Å². The van der Waals surface area contributed by atoms with E-state index in [1.807, 2.05) is 18.2 Å². The SMILES string of the molecule is CC(C)NCc1ccc(Sc2cccc(Cl)c2)cc1. The molecule has 1 N–H and O–H groups in total. The Morgan fingerprint density at radius 3 is 2.42 bits per heavy atom. The van der Waals surface area contributed by atoms with Crippen molar-refractivity contribution in [3.05, 3.63) is 59.1 Å². The van der Waals surface area contributed by atoms with Gasteiger partial charge in [0.25, 0.3) is 0 Å². The van der Waals surface area contributed by atoms with E-state index in [1.54, 1.807) is 11.8 Å². The van der Waals surface area contributed by atoms with E-state index in [0.717, 1.165) is 11.6 Å². The van der Waals surface area contributed by atoms with Crippen LogP contribution in [-0.2, 0) is 6.54 Å². The third-order valence-electron chi connectivity index (χ3n) is 2.67. The topological polar surface area (TPSA) is 12.0 Å². The van der Waals surface area contributed by atoms with E-state index in [4.69, 9.17) is 11.6 Å². The summed E-state index contributed by atoms with van der Waals surface area (Å²) < 4.78 is 0. The van der Waals surface area contributed by atoms with Gasteiger partial charge < -0.3 is 5.32 Å². The maximum absolute atomic E-state index is 5.99. The Morgan fingerprint density at radius 2 is 1.79 bits per heavy atom. The van der Waals surface area contributed by atoms with Crippen LogP contribution in [0.4, 0.5) is 0 Å². The molecule has 2 rings (SSSR count). The predicted molar refractivity (Wildman–Crippen MR) is 84.0 cm³/mol. The third kappa shape index (κ3) is 4.90. The molecular formula is C16H18ClNS. The van der Waals surface area contributed by atoms with Crippen LogP contribution in [0.5, 0.6) is 0 Å². The highest BCUT2D eigenvalue weighted by atomic mass is 35.5. The first-order valence-electron chi connectivity index (χ1n) is 6.39. The van der Waals surface area contributed by atoms with Crippen molar-refractivity contribution in [2.45, 2.75) is 36.2 Å². The van der Waals surface area contributed by atoms with Crippen molar-refractivity contribution >= 4 is 23.4 Å². The Hall–Kier alpha value is -0.960. The fourth-order valence-corrected chi connectivity index (χ4v) is 2.80. The molecule has 19 heavy (non-hydrogen) atoms. The number of halogens is 1. The second-order valence-corrected chi connectivity index (χ2v) is 6.32. The van der Waals surface area contributed by atoms with Gasteiger partial charge in [0.15, 0.2) is 0 Å². The maximum Gasteiger partial charge on any atom is 0.0417 e. The van der Waals surface area contributed by atoms with Crippen LogP contribution in [0.1, 0.15) is 19.4 Å². The molecule has 0 aliphatic carbocycles. The molecule has 3 heteroatoms. The van der Waals surface area contributed by atoms with Crippen LogP contribution in [0.3, 0.4) is 0 Å². The zero-order valence-corrected chi connectivity index (χ0v) is 12.8. The third-order valence-corrected chi connectivity index (χ3v) is 3.90. The Balaban J connectivity index is 1.98. The molecule has 0 spiro atoms. The van der Waals surface area contributed by atoms with E-state index in [1.165, 1.54) is 15.4 Å². The van der Waals surface area contributed by atoms with Crippen LogP contribution in [0.15, 0.2) is 58.3 Å². The van der Waals surface area contributed by atoms with E-state index in [0.29, 0.717) is 6.04 Å². The van der Waals surface area contributed by atoms with Gasteiger partial charge >= 0.3 is 0 Å². The highest BCUT2D eigenvalue weighted by Crippen LogP contribution is 2.29. The Morgan fingerprint density at radius 1 is 1.05 bits per heavy atom. The molecule has 2 aromatic rings. The first-order chi connectivity index (χ1) is 9.13. The minimum Gasteiger partial charge on any atom is -0.310 e. The summed E-state index contributed by atoms with van der Waals surface area (Å²) in [6, 6.07) is 17.1. The van der Waals surface area contributed by atoms with Gasteiger partial charge in [0, 0.05) is 27.4 Å². The number of benzene rings is 2. The Kier molecular flexibility index (Phi) is 5.32. The van der Waals surface area contributed by atoms with Gasteiger partial charge in [-0.1, -0.05) is 55.4 Å². The largest absolute Gasteiger partial charge is 0.310 e. The zero-order chi connectivity index (χ0) is 13.7. The van der Waals surface area contributed by atoms with Crippen molar-refractivity contribution < 1.29 is 0 Å². The summed E-state index contributed by atoms with van der Waals surface area (Å²) in [5.41, 5.74) is 1.31. The van der Waals surface area contributed by atoms with Crippen molar-refractivity contribution in [1.29, 1.82) is 0 Å². The van der Waals surface area contributed by atoms with Gasteiger partial charge in [-0.15, -0.1) is 0 Å². The Labute approximate surface area is 124 Å².